The van der Waals surface area contributed by atoms with E-state index in [1.807, 2.05) is 14.1 Å². The molecule has 1 N–H and O–H groups in total. The second kappa shape index (κ2) is 11.1. The average Bonchev–Trinajstić information content (AvgIpc) is 2.37. The summed E-state index contributed by atoms with van der Waals surface area (Å²) in [5, 5.41) is -1.58. The van der Waals surface area contributed by atoms with Crippen LogP contribution in [0.1, 0.15) is 44.9 Å². The predicted molar refractivity (Wildman–Crippen MR) is 69.4 cm³/mol. The molecule has 0 aromatic carbocycles. The lowest BCUT2D eigenvalue weighted by molar-refractivity contribution is -0.135. The Morgan fingerprint density at radius 1 is 0.864 bits per heavy atom. The molecule has 0 atom stereocenters. The van der Waals surface area contributed by atoms with Gasteiger partial charge in [-0.25, -0.2) is 0 Å². The number of hydrogen-bond donors (Lipinski definition) is 1. The Bertz CT molecular complexity index is 373. The summed E-state index contributed by atoms with van der Waals surface area (Å²) in [5.74, 6) is 0. The van der Waals surface area contributed by atoms with Gasteiger partial charge in [0, 0.05) is 12.8 Å². The minimum atomic E-state index is -5.56. The van der Waals surface area contributed by atoms with E-state index < -0.39 is 34.4 Å². The van der Waals surface area contributed by atoms with Gasteiger partial charge in [-0.15, -0.1) is 0 Å². The van der Waals surface area contributed by atoms with Crippen molar-refractivity contribution in [2.45, 2.75) is 56.4 Å². The predicted octanol–water partition coefficient (Wildman–Crippen LogP) is 3.94. The fourth-order valence-electron chi connectivity index (χ4n) is 1.36. The summed E-state index contributed by atoms with van der Waals surface area (Å²) < 4.78 is 95.4. The first-order valence-corrected chi connectivity index (χ1v) is 7.92. The van der Waals surface area contributed by atoms with Crippen LogP contribution >= 0.6 is 0 Å². The third-order valence-electron chi connectivity index (χ3n) is 2.38. The molecule has 136 valence electrons. The number of nitrogens with one attached hydrogen (secondary N) is 1. The van der Waals surface area contributed by atoms with Crippen molar-refractivity contribution in [3.8, 4) is 0 Å². The average molecular weight is 361 g/mol. The molecule has 0 aliphatic rings. The summed E-state index contributed by atoms with van der Waals surface area (Å²) in [6, 6.07) is 0. The van der Waals surface area contributed by atoms with Crippen LogP contribution in [0.15, 0.2) is 0 Å². The van der Waals surface area contributed by atoms with Crippen LogP contribution in [0, 0.1) is 0 Å². The molecule has 11 heteroatoms. The van der Waals surface area contributed by atoms with Gasteiger partial charge in [0.15, 0.2) is 0 Å². The van der Waals surface area contributed by atoms with Gasteiger partial charge in [0.1, 0.15) is 0 Å². The van der Waals surface area contributed by atoms with Crippen LogP contribution < -0.4 is 5.32 Å². The Kier molecular flexibility index (Phi) is 11.9. The molecule has 0 spiro atoms. The molecular weight excluding hydrogens is 340 g/mol. The van der Waals surface area contributed by atoms with Gasteiger partial charge in [-0.1, -0.05) is 23.7 Å². The molecule has 0 bridgehead atoms. The van der Waals surface area contributed by atoms with Crippen LogP contribution in [0.3, 0.4) is 0 Å². The Morgan fingerprint density at radius 3 is 1.59 bits per heavy atom. The van der Waals surface area contributed by atoms with Crippen molar-refractivity contribution < 1.29 is 39.3 Å². The van der Waals surface area contributed by atoms with Crippen LogP contribution in [-0.2, 0) is 14.5 Å². The molecule has 22 heavy (non-hydrogen) atoms. The minimum Gasteiger partial charge on any atom is -0.323 e. The van der Waals surface area contributed by atoms with Gasteiger partial charge in [0.25, 0.3) is 0 Å². The molecular formula is C11H21F6NO3S. The molecule has 0 aromatic heterocycles. The van der Waals surface area contributed by atoms with E-state index in [1.165, 1.54) is 0 Å². The van der Waals surface area contributed by atoms with Crippen molar-refractivity contribution in [2.75, 3.05) is 14.1 Å². The fourth-order valence-corrected chi connectivity index (χ4v) is 1.84. The molecule has 0 fully saturated rings. The summed E-state index contributed by atoms with van der Waals surface area (Å²) in [6.45, 7) is 0. The van der Waals surface area contributed by atoms with Crippen molar-refractivity contribution in [1.82, 2.24) is 5.32 Å². The second-order valence-corrected chi connectivity index (χ2v) is 6.17. The maximum absolute atomic E-state index is 12.8. The van der Waals surface area contributed by atoms with Crippen molar-refractivity contribution in [3.63, 3.8) is 0 Å². The fraction of sp³-hybridized carbons (Fsp3) is 1.00. The van der Waals surface area contributed by atoms with Crippen molar-refractivity contribution in [1.29, 1.82) is 0 Å². The Hall–Kier alpha value is -0.550. The highest BCUT2D eigenvalue weighted by Gasteiger charge is 2.46. The molecule has 0 saturated carbocycles. The smallest absolute Gasteiger partial charge is 0.323 e. The zero-order chi connectivity index (χ0) is 17.9. The maximum atomic E-state index is 12.8. The molecule has 0 unspecified atom stereocenters. The SMILES string of the molecule is CNC.O=S(=O)(OF)C(F)(F)CCCCCCCC(F)(F)F. The van der Waals surface area contributed by atoms with E-state index in [2.05, 4.69) is 9.70 Å². The zero-order valence-corrected chi connectivity index (χ0v) is 13.2. The van der Waals surface area contributed by atoms with Crippen LogP contribution in [0.5, 0.6) is 0 Å². The van der Waals surface area contributed by atoms with Gasteiger partial charge in [-0.3, -0.25) is 0 Å². The highest BCUT2D eigenvalue weighted by molar-refractivity contribution is 7.87. The minimum absolute atomic E-state index is 0.105. The van der Waals surface area contributed by atoms with Crippen LogP contribution in [0.2, 0.25) is 0 Å². The molecule has 0 rings (SSSR count). The summed E-state index contributed by atoms with van der Waals surface area (Å²) >= 11 is 0. The van der Waals surface area contributed by atoms with E-state index in [-0.39, 0.29) is 32.1 Å². The summed E-state index contributed by atoms with van der Waals surface area (Å²) in [6.07, 6.45) is -6.05. The van der Waals surface area contributed by atoms with Gasteiger partial charge in [0.05, 0.1) is 0 Å². The Morgan fingerprint density at radius 2 is 1.23 bits per heavy atom. The second-order valence-electron chi connectivity index (χ2n) is 4.54. The van der Waals surface area contributed by atoms with Gasteiger partial charge >= 0.3 is 21.5 Å². The number of alkyl halides is 5. The molecule has 0 aromatic rings. The molecule has 0 amide bonds. The first-order valence-electron chi connectivity index (χ1n) is 6.51. The Balaban J connectivity index is 0. The van der Waals surface area contributed by atoms with Crippen LogP contribution in [0.25, 0.3) is 0 Å². The maximum Gasteiger partial charge on any atom is 0.389 e. The van der Waals surface area contributed by atoms with E-state index in [4.69, 9.17) is 0 Å². The van der Waals surface area contributed by atoms with Crippen LogP contribution in [-0.4, -0.2) is 33.9 Å². The monoisotopic (exact) mass is 361 g/mol. The summed E-state index contributed by atoms with van der Waals surface area (Å²) in [5.41, 5.74) is 0. The molecule has 0 aliphatic heterocycles. The molecule has 0 aliphatic carbocycles. The van der Waals surface area contributed by atoms with Gasteiger partial charge in [-0.2, -0.15) is 30.4 Å². The summed E-state index contributed by atoms with van der Waals surface area (Å²) in [7, 11) is -1.81. The van der Waals surface area contributed by atoms with Gasteiger partial charge in [0.2, 0.25) is 0 Å². The topological polar surface area (TPSA) is 55.4 Å². The van der Waals surface area contributed by atoms with E-state index >= 15 is 0 Å². The molecule has 0 heterocycles. The lowest BCUT2D eigenvalue weighted by Crippen LogP contribution is -2.28. The Labute approximate surface area is 126 Å². The molecule has 0 radical (unpaired) electrons. The van der Waals surface area contributed by atoms with Crippen molar-refractivity contribution in [2.24, 2.45) is 0 Å². The largest absolute Gasteiger partial charge is 0.389 e. The lowest BCUT2D eigenvalue weighted by Gasteiger charge is -2.12. The number of halogens is 6. The van der Waals surface area contributed by atoms with Crippen LogP contribution in [0.4, 0.5) is 26.5 Å². The van der Waals surface area contributed by atoms with E-state index in [9.17, 15) is 34.9 Å². The first-order chi connectivity index (χ1) is 9.93. The van der Waals surface area contributed by atoms with E-state index in [1.54, 1.807) is 0 Å². The van der Waals surface area contributed by atoms with E-state index in [0.29, 0.717) is 0 Å². The van der Waals surface area contributed by atoms with Crippen molar-refractivity contribution >= 4 is 10.1 Å². The van der Waals surface area contributed by atoms with Crippen molar-refractivity contribution in [3.05, 3.63) is 0 Å². The van der Waals surface area contributed by atoms with E-state index in [0.717, 1.165) is 0 Å². The number of unbranched alkanes of at least 4 members (excludes halogenated alkanes) is 4. The number of rotatable bonds is 9. The quantitative estimate of drug-likeness (QED) is 0.499. The standard InChI is InChI=1S/C9H14F6O3S.C2H7N/c10-8(11,12)6-4-2-1-3-5-7-9(13,14)19(16,17)18-15;1-3-2/h1-7H2;3H,1-2H3. The summed E-state index contributed by atoms with van der Waals surface area (Å²) in [4.78, 5) is 0. The zero-order valence-electron chi connectivity index (χ0n) is 12.4. The third kappa shape index (κ3) is 12.0. The highest BCUT2D eigenvalue weighted by atomic mass is 32.2. The number of hydrogen-bond acceptors (Lipinski definition) is 4. The molecule has 4 nitrogen and oxygen atoms in total. The lowest BCUT2D eigenvalue weighted by atomic mass is 10.1. The van der Waals surface area contributed by atoms with Gasteiger partial charge < -0.3 is 5.32 Å². The third-order valence-corrected chi connectivity index (χ3v) is 3.48. The highest BCUT2D eigenvalue weighted by Crippen LogP contribution is 2.30. The first kappa shape index (κ1) is 23.7. The van der Waals surface area contributed by atoms with Gasteiger partial charge in [-0.05, 0) is 31.5 Å². The normalized spacial score (nSPS) is 12.7. The molecule has 0 saturated heterocycles.